The molecule has 1 aromatic carbocycles. The van der Waals surface area contributed by atoms with Gasteiger partial charge in [0.05, 0.1) is 30.4 Å². The summed E-state index contributed by atoms with van der Waals surface area (Å²) < 4.78 is 86.1. The molecule has 1 aliphatic rings. The number of aliphatic hydroxyl groups is 2. The summed E-state index contributed by atoms with van der Waals surface area (Å²) in [6.07, 6.45) is -13.5. The lowest BCUT2D eigenvalue weighted by atomic mass is 9.82. The molecule has 57 heavy (non-hydrogen) atoms. The molecule has 1 aromatic heterocycles. The van der Waals surface area contributed by atoms with Crippen LogP contribution in [0.1, 0.15) is 69.5 Å². The largest absolute Gasteiger partial charge is 0.490 e. The predicted octanol–water partition coefficient (Wildman–Crippen LogP) is 1.86. The highest BCUT2D eigenvalue weighted by atomic mass is 19.4. The third-order valence-corrected chi connectivity index (χ3v) is 9.67. The van der Waals surface area contributed by atoms with Gasteiger partial charge in [0.1, 0.15) is 24.9 Å². The third-order valence-electron chi connectivity index (χ3n) is 9.67. The molecule has 8 atom stereocenters. The number of esters is 2. The van der Waals surface area contributed by atoms with Gasteiger partial charge in [0, 0.05) is 18.3 Å². The van der Waals surface area contributed by atoms with Crippen molar-refractivity contribution in [2.45, 2.75) is 120 Å². The van der Waals surface area contributed by atoms with Crippen molar-refractivity contribution in [3.05, 3.63) is 54.1 Å². The topological polar surface area (TPSA) is 249 Å². The fraction of sp³-hybridized carbons (Fsp3) is 0.611. The Bertz CT molecular complexity index is 1620. The van der Waals surface area contributed by atoms with Crippen LogP contribution in [0, 0.1) is 11.8 Å². The number of benzene rings is 1. The van der Waals surface area contributed by atoms with Crippen molar-refractivity contribution in [3.8, 4) is 0 Å². The number of nitrogens with zero attached hydrogens (tertiary/aromatic N) is 1. The second kappa shape index (κ2) is 20.7. The number of ether oxygens (including phenoxy) is 2. The van der Waals surface area contributed by atoms with Crippen LogP contribution < -0.4 is 22.1 Å². The number of nitrogens with two attached hydrogens (primary N) is 2. The lowest BCUT2D eigenvalue weighted by Gasteiger charge is -2.35. The van der Waals surface area contributed by atoms with E-state index in [1.54, 1.807) is 44.2 Å². The molecule has 0 saturated heterocycles. The van der Waals surface area contributed by atoms with Gasteiger partial charge in [-0.25, -0.2) is 14.6 Å². The van der Waals surface area contributed by atoms with Crippen molar-refractivity contribution in [3.63, 3.8) is 0 Å². The van der Waals surface area contributed by atoms with Gasteiger partial charge in [-0.05, 0) is 23.8 Å². The number of hydrogen-bond donors (Lipinski definition) is 7. The molecular formula is C36H48F6N6O9. The van der Waals surface area contributed by atoms with Gasteiger partial charge < -0.3 is 46.8 Å². The molecule has 0 spiro atoms. The minimum atomic E-state index is -5.71. The van der Waals surface area contributed by atoms with E-state index >= 15 is 0 Å². The zero-order valence-electron chi connectivity index (χ0n) is 31.1. The number of alkyl halides is 6. The first-order valence-electron chi connectivity index (χ1n) is 18.2. The normalized spacial score (nSPS) is 18.3. The van der Waals surface area contributed by atoms with Crippen LogP contribution in [-0.4, -0.2) is 111 Å². The van der Waals surface area contributed by atoms with Gasteiger partial charge in [-0.3, -0.25) is 14.4 Å². The zero-order chi connectivity index (χ0) is 42.7. The number of ketones is 1. The number of aliphatic hydroxyl groups excluding tert-OH is 2. The summed E-state index contributed by atoms with van der Waals surface area (Å²) in [5.74, 6) is -10.3. The number of hydrogen-bond acceptors (Lipinski definition) is 12. The molecule has 1 fully saturated rings. The fourth-order valence-corrected chi connectivity index (χ4v) is 6.44. The van der Waals surface area contributed by atoms with E-state index in [1.165, 1.54) is 12.5 Å². The highest BCUT2D eigenvalue weighted by Gasteiger charge is 2.47. The summed E-state index contributed by atoms with van der Waals surface area (Å²) in [5, 5.41) is 27.4. The van der Waals surface area contributed by atoms with Gasteiger partial charge in [-0.2, -0.15) is 26.3 Å². The fourth-order valence-electron chi connectivity index (χ4n) is 6.44. The summed E-state index contributed by atoms with van der Waals surface area (Å²) in [5.41, 5.74) is 13.2. The minimum Gasteiger partial charge on any atom is -0.455 e. The van der Waals surface area contributed by atoms with E-state index in [0.29, 0.717) is 24.1 Å². The maximum absolute atomic E-state index is 14.1. The summed E-state index contributed by atoms with van der Waals surface area (Å²) in [6.45, 7) is 1.64. The summed E-state index contributed by atoms with van der Waals surface area (Å²) in [4.78, 5) is 71.2. The van der Waals surface area contributed by atoms with Gasteiger partial charge in [0.25, 0.3) is 0 Å². The molecule has 2 aromatic rings. The number of carbonyl (C=O) groups is 5. The third kappa shape index (κ3) is 13.8. The first-order valence-corrected chi connectivity index (χ1v) is 18.2. The van der Waals surface area contributed by atoms with Gasteiger partial charge in [-0.1, -0.05) is 76.3 Å². The van der Waals surface area contributed by atoms with Crippen LogP contribution >= 0.6 is 0 Å². The molecule has 0 radical (unpaired) electrons. The first kappa shape index (κ1) is 46.8. The molecule has 0 aliphatic heterocycles. The van der Waals surface area contributed by atoms with E-state index in [-0.39, 0.29) is 24.7 Å². The predicted molar refractivity (Wildman–Crippen MR) is 187 cm³/mol. The smallest absolute Gasteiger partial charge is 0.455 e. The molecule has 9 N–H and O–H groups in total. The number of carbonyl (C=O) groups excluding carboxylic acids is 5. The maximum Gasteiger partial charge on any atom is 0.490 e. The van der Waals surface area contributed by atoms with E-state index < -0.39 is 96.9 Å². The molecule has 2 unspecified atom stereocenters. The average Bonchev–Trinajstić information content (AvgIpc) is 3.68. The minimum absolute atomic E-state index is 0.145. The van der Waals surface area contributed by atoms with Gasteiger partial charge >= 0.3 is 24.3 Å². The number of Topliss-reactive ketones (excluding diaryl/α,β-unsaturated/α-hetero) is 1. The number of H-pyrrole nitrogens is 1. The standard InChI is InChI=1S/C36H48F6N6O9/c1-18(2)26(43)30(51)25(20-11-7-4-8-12-20)27(44)32(53)48-23(14-21-15-45-17-46-21)31(52)47-22(13-19-9-5-3-6-10-19)28(49)29(50)24(57-34(55)36(40,41)42)16-56-33(54)35(37,38)39/h4,7-8,11-12,15,17-19,22-29,49-50H,3,5-6,9-10,13-14,16,43-44H2,1-2H3,(H,45,46)(H,47,52)(H,48,53)/t22-,23-,24+,25?,26?,27-,28+,29-/m0/s1. The number of nitrogens with one attached hydrogen (secondary N) is 3. The number of amides is 2. The van der Waals surface area contributed by atoms with E-state index in [4.69, 9.17) is 11.5 Å². The Hall–Kier alpha value is -4.60. The van der Waals surface area contributed by atoms with Gasteiger partial charge in [-0.15, -0.1) is 0 Å². The molecular weight excluding hydrogens is 774 g/mol. The summed E-state index contributed by atoms with van der Waals surface area (Å²) in [6, 6.07) is 2.28. The summed E-state index contributed by atoms with van der Waals surface area (Å²) >= 11 is 0. The van der Waals surface area contributed by atoms with Crippen molar-refractivity contribution < 1.29 is 70.0 Å². The van der Waals surface area contributed by atoms with Crippen molar-refractivity contribution in [2.75, 3.05) is 6.61 Å². The Labute approximate surface area is 323 Å². The lowest BCUT2D eigenvalue weighted by molar-refractivity contribution is -0.222. The van der Waals surface area contributed by atoms with Crippen LogP contribution in [0.25, 0.3) is 0 Å². The molecule has 2 amide bonds. The lowest BCUT2D eigenvalue weighted by Crippen LogP contribution is -2.60. The number of rotatable bonds is 19. The summed E-state index contributed by atoms with van der Waals surface area (Å²) in [7, 11) is 0. The highest BCUT2D eigenvalue weighted by Crippen LogP contribution is 2.30. The monoisotopic (exact) mass is 822 g/mol. The highest BCUT2D eigenvalue weighted by molar-refractivity contribution is 5.98. The number of aromatic amines is 1. The van der Waals surface area contributed by atoms with Crippen LogP contribution in [0.2, 0.25) is 0 Å². The quantitative estimate of drug-likeness (QED) is 0.0793. The van der Waals surface area contributed by atoms with Crippen molar-refractivity contribution >= 4 is 29.5 Å². The Kier molecular flexibility index (Phi) is 17.0. The van der Waals surface area contributed by atoms with E-state index in [9.17, 15) is 60.5 Å². The van der Waals surface area contributed by atoms with Crippen molar-refractivity contribution in [1.82, 2.24) is 20.6 Å². The van der Waals surface area contributed by atoms with Crippen LogP contribution in [-0.2, 0) is 39.9 Å². The Morgan fingerprint density at radius 2 is 1.49 bits per heavy atom. The molecule has 0 bridgehead atoms. The van der Waals surface area contributed by atoms with Crippen LogP contribution in [0.5, 0.6) is 0 Å². The van der Waals surface area contributed by atoms with Crippen molar-refractivity contribution in [1.29, 1.82) is 0 Å². The van der Waals surface area contributed by atoms with Gasteiger partial charge in [0.2, 0.25) is 11.8 Å². The SMILES string of the molecule is CC(C)C(N)C(=O)C(c1ccccc1)[C@H](N)C(=O)N[C@@H](Cc1cnc[nH]1)C(=O)N[C@@H](CC1CCCCC1)[C@@H](O)[C@@H](O)[C@@H](COC(=O)C(F)(F)F)OC(=O)C(F)(F)F. The van der Waals surface area contributed by atoms with Crippen molar-refractivity contribution in [2.24, 2.45) is 23.3 Å². The van der Waals surface area contributed by atoms with Gasteiger partial charge in [0.15, 0.2) is 11.9 Å². The average molecular weight is 823 g/mol. The number of imidazole rings is 1. The maximum atomic E-state index is 14.1. The second-order valence-corrected chi connectivity index (χ2v) is 14.3. The molecule has 21 heteroatoms. The van der Waals surface area contributed by atoms with Crippen LogP contribution in [0.15, 0.2) is 42.9 Å². The Balaban J connectivity index is 1.96. The zero-order valence-corrected chi connectivity index (χ0v) is 31.1. The number of aromatic nitrogens is 2. The van der Waals surface area contributed by atoms with E-state index in [1.807, 2.05) is 0 Å². The van der Waals surface area contributed by atoms with E-state index in [2.05, 4.69) is 30.1 Å². The Morgan fingerprint density at radius 3 is 2.04 bits per heavy atom. The second-order valence-electron chi connectivity index (χ2n) is 14.3. The molecule has 1 saturated carbocycles. The first-order chi connectivity index (χ1) is 26.6. The molecule has 3 rings (SSSR count). The molecule has 15 nitrogen and oxygen atoms in total. The number of halogens is 6. The van der Waals surface area contributed by atoms with E-state index in [0.717, 1.165) is 19.3 Å². The Morgan fingerprint density at radius 1 is 0.877 bits per heavy atom. The van der Waals surface area contributed by atoms with Crippen LogP contribution in [0.3, 0.4) is 0 Å². The molecule has 1 aliphatic carbocycles. The molecule has 318 valence electrons. The molecule has 1 heterocycles. The van der Waals surface area contributed by atoms with Crippen LogP contribution in [0.4, 0.5) is 26.3 Å².